The van der Waals surface area contributed by atoms with Gasteiger partial charge >= 0.3 is 0 Å². The minimum atomic E-state index is 0.0898. The number of nitrogens with two attached hydrogens (primary N) is 1. The van der Waals surface area contributed by atoms with Crippen molar-refractivity contribution in [3.05, 3.63) is 65.2 Å². The molecule has 0 radical (unpaired) electrons. The van der Waals surface area contributed by atoms with Crippen molar-refractivity contribution in [3.63, 3.8) is 0 Å². The maximum Gasteiger partial charge on any atom is 0.258 e. The number of hydrogen-bond donors (Lipinski definition) is 1. The van der Waals surface area contributed by atoms with Crippen LogP contribution < -0.4 is 10.6 Å². The normalized spacial score (nSPS) is 23.0. The Bertz CT molecular complexity index is 696. The van der Waals surface area contributed by atoms with E-state index in [-0.39, 0.29) is 11.9 Å². The number of amides is 1. The predicted octanol–water partition coefficient (Wildman–Crippen LogP) is 2.70. The van der Waals surface area contributed by atoms with Gasteiger partial charge in [-0.3, -0.25) is 4.79 Å². The van der Waals surface area contributed by atoms with Gasteiger partial charge in [0.15, 0.2) is 0 Å². The fourth-order valence-electron chi connectivity index (χ4n) is 3.75. The molecule has 4 rings (SSSR count). The Hall–Kier alpha value is -2.13. The summed E-state index contributed by atoms with van der Waals surface area (Å²) in [4.78, 5) is 14.7. The van der Waals surface area contributed by atoms with E-state index in [4.69, 9.17) is 5.73 Å². The minimum Gasteiger partial charge on any atom is -0.327 e. The molecular weight excluding hydrogens is 260 g/mol. The van der Waals surface area contributed by atoms with Crippen LogP contribution in [0.25, 0.3) is 0 Å². The Morgan fingerprint density at radius 1 is 1.10 bits per heavy atom. The zero-order valence-corrected chi connectivity index (χ0v) is 11.8. The molecule has 1 aliphatic carbocycles. The summed E-state index contributed by atoms with van der Waals surface area (Å²) in [6.07, 6.45) is 1.90. The molecular formula is C18H18N2O. The molecule has 0 fully saturated rings. The van der Waals surface area contributed by atoms with Gasteiger partial charge in [0.05, 0.1) is 0 Å². The van der Waals surface area contributed by atoms with E-state index in [0.29, 0.717) is 5.92 Å². The molecule has 21 heavy (non-hydrogen) atoms. The van der Waals surface area contributed by atoms with Crippen LogP contribution in [0.4, 0.5) is 5.69 Å². The molecule has 0 spiro atoms. The van der Waals surface area contributed by atoms with Crippen molar-refractivity contribution in [2.45, 2.75) is 24.8 Å². The molecule has 0 bridgehead atoms. The summed E-state index contributed by atoms with van der Waals surface area (Å²) in [5, 5.41) is 0. The standard InChI is InChI=1S/C18H18N2O/c19-15-9-13-7-4-8-16-17(13)14(10-15)11-20(16)18(21)12-5-2-1-3-6-12/h1-8,14-15H,9-11,19H2/t14-,15-/m0/s1. The molecule has 2 aromatic rings. The lowest BCUT2D eigenvalue weighted by atomic mass is 9.82. The fraction of sp³-hybridized carbons (Fsp3) is 0.278. The number of hydrogen-bond acceptors (Lipinski definition) is 2. The van der Waals surface area contributed by atoms with Crippen LogP contribution in [0.3, 0.4) is 0 Å². The van der Waals surface area contributed by atoms with Crippen molar-refractivity contribution >= 4 is 11.6 Å². The van der Waals surface area contributed by atoms with Gasteiger partial charge in [-0.2, -0.15) is 0 Å². The number of carbonyl (C=O) groups is 1. The summed E-state index contributed by atoms with van der Waals surface area (Å²) in [6, 6.07) is 16.0. The average molecular weight is 278 g/mol. The lowest BCUT2D eigenvalue weighted by Crippen LogP contribution is -2.33. The van der Waals surface area contributed by atoms with Crippen molar-refractivity contribution in [2.75, 3.05) is 11.4 Å². The Labute approximate surface area is 124 Å². The van der Waals surface area contributed by atoms with Crippen molar-refractivity contribution in [3.8, 4) is 0 Å². The lowest BCUT2D eigenvalue weighted by molar-refractivity contribution is 0.0988. The lowest BCUT2D eigenvalue weighted by Gasteiger charge is -2.25. The summed E-state index contributed by atoms with van der Waals surface area (Å²) < 4.78 is 0. The second kappa shape index (κ2) is 4.71. The van der Waals surface area contributed by atoms with E-state index >= 15 is 0 Å². The maximum atomic E-state index is 12.8. The summed E-state index contributed by atoms with van der Waals surface area (Å²) >= 11 is 0. The number of carbonyl (C=O) groups excluding carboxylic acids is 1. The highest BCUT2D eigenvalue weighted by atomic mass is 16.2. The molecule has 2 aromatic carbocycles. The van der Waals surface area contributed by atoms with Crippen LogP contribution in [0.5, 0.6) is 0 Å². The number of nitrogens with zero attached hydrogens (tertiary/aromatic N) is 1. The average Bonchev–Trinajstić information content (AvgIpc) is 2.87. The van der Waals surface area contributed by atoms with Gasteiger partial charge < -0.3 is 10.6 Å². The molecule has 0 aromatic heterocycles. The van der Waals surface area contributed by atoms with E-state index in [1.165, 1.54) is 11.1 Å². The second-order valence-electron chi connectivity index (χ2n) is 6.03. The molecule has 3 heteroatoms. The van der Waals surface area contributed by atoms with Crippen LogP contribution in [-0.4, -0.2) is 18.5 Å². The van der Waals surface area contributed by atoms with Gasteiger partial charge in [0.1, 0.15) is 0 Å². The van der Waals surface area contributed by atoms with E-state index in [1.807, 2.05) is 41.3 Å². The van der Waals surface area contributed by atoms with E-state index < -0.39 is 0 Å². The van der Waals surface area contributed by atoms with Gasteiger partial charge in [0, 0.05) is 29.8 Å². The zero-order chi connectivity index (χ0) is 14.4. The van der Waals surface area contributed by atoms with Crippen molar-refractivity contribution in [1.29, 1.82) is 0 Å². The Balaban J connectivity index is 1.76. The minimum absolute atomic E-state index is 0.0898. The summed E-state index contributed by atoms with van der Waals surface area (Å²) in [5.41, 5.74) is 10.7. The molecule has 1 aliphatic heterocycles. The molecule has 3 nitrogen and oxygen atoms in total. The third-order valence-electron chi connectivity index (χ3n) is 4.61. The second-order valence-corrected chi connectivity index (χ2v) is 6.03. The largest absolute Gasteiger partial charge is 0.327 e. The van der Waals surface area contributed by atoms with Gasteiger partial charge in [0.25, 0.3) is 5.91 Å². The Morgan fingerprint density at radius 2 is 1.90 bits per heavy atom. The van der Waals surface area contributed by atoms with Crippen molar-refractivity contribution < 1.29 is 4.79 Å². The van der Waals surface area contributed by atoms with Crippen LogP contribution in [0.1, 0.15) is 33.8 Å². The smallest absolute Gasteiger partial charge is 0.258 e. The SMILES string of the molecule is N[C@H]1Cc2cccc3c2[C@@H](C1)CN3C(=O)c1ccccc1. The summed E-state index contributed by atoms with van der Waals surface area (Å²) in [6.45, 7) is 0.758. The first-order chi connectivity index (χ1) is 10.2. The molecule has 106 valence electrons. The molecule has 2 N–H and O–H groups in total. The van der Waals surface area contributed by atoms with Gasteiger partial charge in [-0.05, 0) is 42.2 Å². The molecule has 0 saturated carbocycles. The monoisotopic (exact) mass is 278 g/mol. The number of rotatable bonds is 1. The van der Waals surface area contributed by atoms with Crippen LogP contribution >= 0.6 is 0 Å². The van der Waals surface area contributed by atoms with Crippen molar-refractivity contribution in [2.24, 2.45) is 5.73 Å². The van der Waals surface area contributed by atoms with E-state index in [9.17, 15) is 4.79 Å². The van der Waals surface area contributed by atoms with E-state index in [1.54, 1.807) is 0 Å². The maximum absolute atomic E-state index is 12.8. The molecule has 1 amide bonds. The fourth-order valence-corrected chi connectivity index (χ4v) is 3.75. The van der Waals surface area contributed by atoms with E-state index in [2.05, 4.69) is 12.1 Å². The molecule has 0 saturated heterocycles. The third kappa shape index (κ3) is 1.96. The highest BCUT2D eigenvalue weighted by Crippen LogP contribution is 2.44. The van der Waals surface area contributed by atoms with Crippen LogP contribution in [0.15, 0.2) is 48.5 Å². The van der Waals surface area contributed by atoms with Crippen LogP contribution in [-0.2, 0) is 6.42 Å². The first kappa shape index (κ1) is 12.6. The first-order valence-corrected chi connectivity index (χ1v) is 7.48. The van der Waals surface area contributed by atoms with Crippen LogP contribution in [0.2, 0.25) is 0 Å². The zero-order valence-electron chi connectivity index (χ0n) is 11.8. The van der Waals surface area contributed by atoms with Crippen LogP contribution in [0, 0.1) is 0 Å². The van der Waals surface area contributed by atoms with Gasteiger partial charge in [-0.25, -0.2) is 0 Å². The molecule has 1 heterocycles. The quantitative estimate of drug-likeness (QED) is 0.871. The highest BCUT2D eigenvalue weighted by molar-refractivity contribution is 6.07. The third-order valence-corrected chi connectivity index (χ3v) is 4.61. The van der Waals surface area contributed by atoms with E-state index in [0.717, 1.165) is 30.6 Å². The number of anilines is 1. The van der Waals surface area contributed by atoms with Gasteiger partial charge in [0.2, 0.25) is 0 Å². The Kier molecular flexibility index (Phi) is 2.82. The predicted molar refractivity (Wildman–Crippen MR) is 83.6 cm³/mol. The topological polar surface area (TPSA) is 46.3 Å². The highest BCUT2D eigenvalue weighted by Gasteiger charge is 2.37. The van der Waals surface area contributed by atoms with Gasteiger partial charge in [-0.15, -0.1) is 0 Å². The molecule has 2 atom stereocenters. The molecule has 2 aliphatic rings. The summed E-state index contributed by atoms with van der Waals surface area (Å²) in [7, 11) is 0. The summed E-state index contributed by atoms with van der Waals surface area (Å²) in [5.74, 6) is 0.486. The number of benzene rings is 2. The Morgan fingerprint density at radius 3 is 2.71 bits per heavy atom. The van der Waals surface area contributed by atoms with Crippen molar-refractivity contribution in [1.82, 2.24) is 0 Å². The van der Waals surface area contributed by atoms with Gasteiger partial charge in [-0.1, -0.05) is 30.3 Å². The first-order valence-electron chi connectivity index (χ1n) is 7.48. The molecule has 0 unspecified atom stereocenters.